The number of benzene rings is 3. The van der Waals surface area contributed by atoms with Gasteiger partial charge in [0.05, 0.1) is 5.56 Å². The molecule has 10 heteroatoms. The molecule has 0 aromatic heterocycles. The largest absolute Gasteiger partial charge is 0.458 e. The van der Waals surface area contributed by atoms with Crippen LogP contribution < -0.4 is 0 Å². The number of hydrogen-bond acceptors (Lipinski definition) is 10. The molecule has 3 aromatic carbocycles. The Balaban J connectivity index is 1.52. The summed E-state index contributed by atoms with van der Waals surface area (Å²) in [7, 11) is 0. The Morgan fingerprint density at radius 2 is 1.17 bits per heavy atom. The number of esters is 3. The van der Waals surface area contributed by atoms with Gasteiger partial charge in [0, 0.05) is 33.4 Å². The molecule has 0 aliphatic heterocycles. The number of carbonyl (C=O) groups excluding carboxylic acids is 3. The topological polar surface area (TPSA) is 97.4 Å². The first-order valence-corrected chi connectivity index (χ1v) is 15.0. The number of hydrogen-bond donors (Lipinski definition) is 0. The molecule has 2 atom stereocenters. The summed E-state index contributed by atoms with van der Waals surface area (Å²) in [5, 5.41) is 0. The van der Waals surface area contributed by atoms with Gasteiger partial charge in [0.2, 0.25) is 0 Å². The molecular weight excluding hydrogens is 576 g/mol. The minimum atomic E-state index is -0.680. The molecular formula is C32H32O8S2. The van der Waals surface area contributed by atoms with E-state index in [1.165, 1.54) is 23.5 Å². The van der Waals surface area contributed by atoms with Crippen molar-refractivity contribution in [1.82, 2.24) is 0 Å². The Labute approximate surface area is 254 Å². The van der Waals surface area contributed by atoms with Gasteiger partial charge < -0.3 is 14.2 Å². The van der Waals surface area contributed by atoms with Crippen LogP contribution >= 0.6 is 23.5 Å². The molecule has 3 aromatic rings. The molecule has 0 heterocycles. The van der Waals surface area contributed by atoms with E-state index in [4.69, 9.17) is 24.0 Å². The third-order valence-corrected chi connectivity index (χ3v) is 7.73. The normalized spacial score (nSPS) is 12.0. The molecule has 0 N–H and O–H groups in total. The summed E-state index contributed by atoms with van der Waals surface area (Å²) in [5.41, 5.74) is 0.805. The van der Waals surface area contributed by atoms with E-state index in [1.807, 2.05) is 60.7 Å². The van der Waals surface area contributed by atoms with Crippen molar-refractivity contribution in [2.24, 2.45) is 0 Å². The van der Waals surface area contributed by atoms with E-state index >= 15 is 0 Å². The van der Waals surface area contributed by atoms with Crippen LogP contribution in [0.15, 0.2) is 120 Å². The molecule has 2 unspecified atom stereocenters. The minimum absolute atomic E-state index is 0.0263. The summed E-state index contributed by atoms with van der Waals surface area (Å²) in [6.45, 7) is 6.64. The maximum Gasteiger partial charge on any atom is 0.338 e. The Hall–Kier alpha value is -3.83. The van der Waals surface area contributed by atoms with Crippen LogP contribution in [0.25, 0.3) is 0 Å². The number of ether oxygens (including phenoxy) is 3. The highest BCUT2D eigenvalue weighted by molar-refractivity contribution is 7.99. The van der Waals surface area contributed by atoms with Crippen LogP contribution in [0.3, 0.4) is 0 Å². The van der Waals surface area contributed by atoms with Gasteiger partial charge >= 0.3 is 17.9 Å². The zero-order valence-corrected chi connectivity index (χ0v) is 24.6. The fourth-order valence-corrected chi connectivity index (χ4v) is 5.17. The second-order valence-electron chi connectivity index (χ2n) is 8.58. The lowest BCUT2D eigenvalue weighted by Crippen LogP contribution is -2.27. The van der Waals surface area contributed by atoms with Crippen LogP contribution in [-0.4, -0.2) is 54.8 Å². The molecule has 42 heavy (non-hydrogen) atoms. The third-order valence-electron chi connectivity index (χ3n) is 5.45. The van der Waals surface area contributed by atoms with Crippen LogP contribution in [0.1, 0.15) is 15.9 Å². The zero-order chi connectivity index (χ0) is 30.0. The second kappa shape index (κ2) is 18.6. The minimum Gasteiger partial charge on any atom is -0.458 e. The van der Waals surface area contributed by atoms with Gasteiger partial charge in [-0.1, -0.05) is 67.8 Å². The van der Waals surface area contributed by atoms with Gasteiger partial charge in [0.15, 0.2) is 0 Å². The van der Waals surface area contributed by atoms with Crippen LogP contribution in [0.4, 0.5) is 0 Å². The van der Waals surface area contributed by atoms with E-state index in [1.54, 1.807) is 24.3 Å². The molecule has 0 saturated carbocycles. The van der Waals surface area contributed by atoms with E-state index in [2.05, 4.69) is 13.2 Å². The smallest absolute Gasteiger partial charge is 0.338 e. The SMILES string of the molecule is C=CC(=O)OC(COOCc1ccccc1C(=O)OCC(CSc1ccccc1)OC(=O)C=C)CSc1ccccc1. The molecule has 0 aliphatic carbocycles. The number of thioether (sulfide) groups is 2. The van der Waals surface area contributed by atoms with Gasteiger partial charge in [-0.15, -0.1) is 23.5 Å². The summed E-state index contributed by atoms with van der Waals surface area (Å²) in [6, 6.07) is 26.1. The maximum atomic E-state index is 13.0. The van der Waals surface area contributed by atoms with Crippen molar-refractivity contribution in [3.05, 3.63) is 121 Å². The van der Waals surface area contributed by atoms with Gasteiger partial charge in [0.1, 0.15) is 32.0 Å². The summed E-state index contributed by atoms with van der Waals surface area (Å²) in [5.74, 6) is -0.943. The van der Waals surface area contributed by atoms with E-state index < -0.39 is 30.1 Å². The highest BCUT2D eigenvalue weighted by atomic mass is 32.2. The van der Waals surface area contributed by atoms with Crippen LogP contribution in [-0.2, 0) is 40.2 Å². The van der Waals surface area contributed by atoms with Crippen molar-refractivity contribution in [1.29, 1.82) is 0 Å². The van der Waals surface area contributed by atoms with Crippen molar-refractivity contribution in [3.8, 4) is 0 Å². The van der Waals surface area contributed by atoms with Crippen molar-refractivity contribution < 1.29 is 38.4 Å². The van der Waals surface area contributed by atoms with Crippen molar-refractivity contribution in [3.63, 3.8) is 0 Å². The Morgan fingerprint density at radius 1 is 0.667 bits per heavy atom. The van der Waals surface area contributed by atoms with E-state index in [0.29, 0.717) is 17.1 Å². The monoisotopic (exact) mass is 608 g/mol. The van der Waals surface area contributed by atoms with Gasteiger partial charge in [-0.2, -0.15) is 0 Å². The second-order valence-corrected chi connectivity index (χ2v) is 10.8. The van der Waals surface area contributed by atoms with Crippen LogP contribution in [0.5, 0.6) is 0 Å². The van der Waals surface area contributed by atoms with Crippen molar-refractivity contribution >= 4 is 41.4 Å². The summed E-state index contributed by atoms with van der Waals surface area (Å²) in [6.07, 6.45) is 0.884. The van der Waals surface area contributed by atoms with E-state index in [9.17, 15) is 14.4 Å². The summed E-state index contributed by atoms with van der Waals surface area (Å²) in [4.78, 5) is 49.3. The third kappa shape index (κ3) is 12.0. The Bertz CT molecular complexity index is 1300. The molecule has 3 rings (SSSR count). The predicted octanol–water partition coefficient (Wildman–Crippen LogP) is 6.07. The standard InChI is InChI=1S/C32H32O8S2/c1-3-30(33)39-25(22-41-27-14-7-5-8-15-27)20-36-32(35)29-18-12-11-13-24(29)19-37-38-21-26(40-31(34)4-2)23-42-28-16-9-6-10-17-28/h3-18,25-26H,1-2,19-23H2. The fraction of sp³-hybridized carbons (Fsp3) is 0.219. The molecule has 0 radical (unpaired) electrons. The molecule has 0 aliphatic rings. The Morgan fingerprint density at radius 3 is 1.71 bits per heavy atom. The average Bonchev–Trinajstić information content (AvgIpc) is 3.03. The first-order chi connectivity index (χ1) is 20.5. The van der Waals surface area contributed by atoms with Crippen molar-refractivity contribution in [2.75, 3.05) is 24.7 Å². The van der Waals surface area contributed by atoms with Gasteiger partial charge in [-0.05, 0) is 35.9 Å². The lowest BCUT2D eigenvalue weighted by Gasteiger charge is -2.18. The molecule has 0 fully saturated rings. The molecule has 0 amide bonds. The average molecular weight is 609 g/mol. The number of carbonyl (C=O) groups is 3. The van der Waals surface area contributed by atoms with Crippen LogP contribution in [0.2, 0.25) is 0 Å². The summed E-state index contributed by atoms with van der Waals surface area (Å²) >= 11 is 2.99. The maximum absolute atomic E-state index is 13.0. The van der Waals surface area contributed by atoms with E-state index in [-0.39, 0.29) is 25.4 Å². The first kappa shape index (κ1) is 32.7. The Kier molecular flexibility index (Phi) is 14.5. The van der Waals surface area contributed by atoms with Gasteiger partial charge in [-0.3, -0.25) is 0 Å². The highest BCUT2D eigenvalue weighted by Gasteiger charge is 2.20. The molecule has 0 spiro atoms. The number of rotatable bonds is 18. The molecule has 0 bridgehead atoms. The zero-order valence-electron chi connectivity index (χ0n) is 22.9. The first-order valence-electron chi connectivity index (χ1n) is 13.0. The lowest BCUT2D eigenvalue weighted by molar-refractivity contribution is -0.313. The quantitative estimate of drug-likeness (QED) is 0.0322. The van der Waals surface area contributed by atoms with Gasteiger partial charge in [-0.25, -0.2) is 24.2 Å². The van der Waals surface area contributed by atoms with E-state index in [0.717, 1.165) is 21.9 Å². The predicted molar refractivity (Wildman–Crippen MR) is 162 cm³/mol. The lowest BCUT2D eigenvalue weighted by atomic mass is 10.1. The van der Waals surface area contributed by atoms with Crippen LogP contribution in [0, 0.1) is 0 Å². The molecule has 220 valence electrons. The van der Waals surface area contributed by atoms with Gasteiger partial charge in [0.25, 0.3) is 0 Å². The highest BCUT2D eigenvalue weighted by Crippen LogP contribution is 2.21. The molecule has 8 nitrogen and oxygen atoms in total. The molecule has 0 saturated heterocycles. The van der Waals surface area contributed by atoms with Crippen molar-refractivity contribution in [2.45, 2.75) is 28.6 Å². The summed E-state index contributed by atoms with van der Waals surface area (Å²) < 4.78 is 16.3. The fourth-order valence-electron chi connectivity index (χ4n) is 3.39.